The molecule has 5 heteroatoms. The van der Waals surface area contributed by atoms with Gasteiger partial charge in [0, 0.05) is 19.1 Å². The maximum absolute atomic E-state index is 10.2. The molecule has 1 heterocycles. The van der Waals surface area contributed by atoms with Gasteiger partial charge in [0.1, 0.15) is 24.2 Å². The van der Waals surface area contributed by atoms with Crippen LogP contribution in [0.25, 0.3) is 0 Å². The molecule has 22 heavy (non-hydrogen) atoms. The van der Waals surface area contributed by atoms with Gasteiger partial charge in [-0.2, -0.15) is 0 Å². The van der Waals surface area contributed by atoms with Crippen molar-refractivity contribution in [1.29, 1.82) is 0 Å². The van der Waals surface area contributed by atoms with Crippen LogP contribution in [0.1, 0.15) is 20.8 Å². The molecule has 124 valence electrons. The van der Waals surface area contributed by atoms with E-state index in [1.165, 1.54) is 0 Å². The number of nitrogens with zero attached hydrogens (tertiary/aromatic N) is 1. The van der Waals surface area contributed by atoms with Gasteiger partial charge in [0.25, 0.3) is 0 Å². The summed E-state index contributed by atoms with van der Waals surface area (Å²) in [5.41, 5.74) is 0. The topological polar surface area (TPSA) is 51.2 Å². The first kappa shape index (κ1) is 17.1. The molecule has 0 spiro atoms. The number of hydrogen-bond acceptors (Lipinski definition) is 5. The van der Waals surface area contributed by atoms with E-state index in [1.807, 2.05) is 31.2 Å². The van der Waals surface area contributed by atoms with Gasteiger partial charge in [0.05, 0.1) is 19.3 Å². The quantitative estimate of drug-likeness (QED) is 0.834. The Kier molecular flexibility index (Phi) is 6.49. The molecule has 1 N–H and O–H groups in total. The van der Waals surface area contributed by atoms with Gasteiger partial charge in [0.2, 0.25) is 0 Å². The fraction of sp³-hybridized carbons (Fsp3) is 0.647. The summed E-state index contributed by atoms with van der Waals surface area (Å²) in [6, 6.07) is 7.79. The number of morpholine rings is 1. The number of β-amino-alcohol motifs (C(OH)–C–C–N with tert-alkyl or cyclic N) is 1. The molecule has 3 atom stereocenters. The molecular formula is C17H27NO4. The number of hydrogen-bond donors (Lipinski definition) is 1. The van der Waals surface area contributed by atoms with Crippen LogP contribution < -0.4 is 9.47 Å². The SMILES string of the molecule is CCOc1ccc(OCC(O)CN2CC(C)OCC2C)cc1. The highest BCUT2D eigenvalue weighted by atomic mass is 16.5. The molecular weight excluding hydrogens is 282 g/mol. The molecule has 1 fully saturated rings. The Morgan fingerprint density at radius 2 is 1.86 bits per heavy atom. The summed E-state index contributed by atoms with van der Waals surface area (Å²) in [6.07, 6.45) is -0.297. The van der Waals surface area contributed by atoms with Crippen molar-refractivity contribution in [2.75, 3.05) is 32.9 Å². The minimum Gasteiger partial charge on any atom is -0.494 e. The van der Waals surface area contributed by atoms with E-state index < -0.39 is 6.10 Å². The van der Waals surface area contributed by atoms with Gasteiger partial charge in [-0.25, -0.2) is 0 Å². The highest BCUT2D eigenvalue weighted by Gasteiger charge is 2.25. The molecule has 3 unspecified atom stereocenters. The van der Waals surface area contributed by atoms with Gasteiger partial charge in [-0.1, -0.05) is 0 Å². The second-order valence-corrected chi connectivity index (χ2v) is 5.82. The minimum atomic E-state index is -0.515. The molecule has 0 aromatic heterocycles. The zero-order valence-electron chi connectivity index (χ0n) is 13.7. The Bertz CT molecular complexity index is 437. The highest BCUT2D eigenvalue weighted by molar-refractivity contribution is 5.31. The molecule has 1 saturated heterocycles. The Balaban J connectivity index is 1.75. The molecule has 0 aliphatic carbocycles. The van der Waals surface area contributed by atoms with Crippen molar-refractivity contribution in [2.24, 2.45) is 0 Å². The summed E-state index contributed by atoms with van der Waals surface area (Å²) in [4.78, 5) is 2.25. The van der Waals surface area contributed by atoms with Crippen LogP contribution in [-0.2, 0) is 4.74 Å². The largest absolute Gasteiger partial charge is 0.494 e. The van der Waals surface area contributed by atoms with Gasteiger partial charge >= 0.3 is 0 Å². The summed E-state index contributed by atoms with van der Waals surface area (Å²) in [5, 5.41) is 10.2. The van der Waals surface area contributed by atoms with Crippen LogP contribution in [0.2, 0.25) is 0 Å². The number of benzene rings is 1. The smallest absolute Gasteiger partial charge is 0.119 e. The van der Waals surface area contributed by atoms with E-state index in [0.29, 0.717) is 25.8 Å². The highest BCUT2D eigenvalue weighted by Crippen LogP contribution is 2.18. The molecule has 0 bridgehead atoms. The number of aliphatic hydroxyl groups excluding tert-OH is 1. The molecule has 5 nitrogen and oxygen atoms in total. The van der Waals surface area contributed by atoms with E-state index in [9.17, 15) is 5.11 Å². The van der Waals surface area contributed by atoms with E-state index in [-0.39, 0.29) is 12.7 Å². The fourth-order valence-corrected chi connectivity index (χ4v) is 2.54. The lowest BCUT2D eigenvalue weighted by Crippen LogP contribution is -2.50. The summed E-state index contributed by atoms with van der Waals surface area (Å²) in [7, 11) is 0. The van der Waals surface area contributed by atoms with Crippen molar-refractivity contribution in [1.82, 2.24) is 4.90 Å². The summed E-state index contributed by atoms with van der Waals surface area (Å²) in [5.74, 6) is 1.57. The summed E-state index contributed by atoms with van der Waals surface area (Å²) in [6.45, 7) is 9.23. The third kappa shape index (κ3) is 5.16. The van der Waals surface area contributed by atoms with Crippen molar-refractivity contribution in [3.63, 3.8) is 0 Å². The van der Waals surface area contributed by atoms with Crippen LogP contribution in [0.5, 0.6) is 11.5 Å². The number of aliphatic hydroxyl groups is 1. The standard InChI is InChI=1S/C17H27NO4/c1-4-20-16-5-7-17(8-6-16)22-12-15(19)10-18-9-14(3)21-11-13(18)2/h5-8,13-15,19H,4,9-12H2,1-3H3. The van der Waals surface area contributed by atoms with Crippen LogP contribution in [-0.4, -0.2) is 61.2 Å². The third-order valence-electron chi connectivity index (χ3n) is 3.76. The molecule has 1 aromatic carbocycles. The zero-order valence-corrected chi connectivity index (χ0v) is 13.7. The van der Waals surface area contributed by atoms with Crippen molar-refractivity contribution in [2.45, 2.75) is 39.0 Å². The third-order valence-corrected chi connectivity index (χ3v) is 3.76. The first-order valence-electron chi connectivity index (χ1n) is 7.97. The Morgan fingerprint density at radius 3 is 2.50 bits per heavy atom. The van der Waals surface area contributed by atoms with Crippen molar-refractivity contribution in [3.8, 4) is 11.5 Å². The molecule has 1 aliphatic rings. The van der Waals surface area contributed by atoms with E-state index >= 15 is 0 Å². The molecule has 0 saturated carbocycles. The number of ether oxygens (including phenoxy) is 3. The van der Waals surface area contributed by atoms with Crippen LogP contribution >= 0.6 is 0 Å². The lowest BCUT2D eigenvalue weighted by atomic mass is 10.2. The molecule has 0 radical (unpaired) electrons. The average Bonchev–Trinajstić information content (AvgIpc) is 2.51. The normalized spacial score (nSPS) is 24.0. The molecule has 1 aliphatic heterocycles. The second kappa shape index (κ2) is 8.36. The van der Waals surface area contributed by atoms with Crippen LogP contribution in [0.4, 0.5) is 0 Å². The average molecular weight is 309 g/mol. The molecule has 2 rings (SSSR count). The monoisotopic (exact) mass is 309 g/mol. The van der Waals surface area contributed by atoms with E-state index in [0.717, 1.165) is 18.0 Å². The van der Waals surface area contributed by atoms with Gasteiger partial charge < -0.3 is 19.3 Å². The Labute approximate surface area is 132 Å². The maximum atomic E-state index is 10.2. The van der Waals surface area contributed by atoms with Gasteiger partial charge in [-0.3, -0.25) is 4.90 Å². The Morgan fingerprint density at radius 1 is 1.23 bits per heavy atom. The van der Waals surface area contributed by atoms with Crippen LogP contribution in [0.15, 0.2) is 24.3 Å². The van der Waals surface area contributed by atoms with Crippen LogP contribution in [0.3, 0.4) is 0 Å². The zero-order chi connectivity index (χ0) is 15.9. The van der Waals surface area contributed by atoms with Gasteiger partial charge in [-0.05, 0) is 45.0 Å². The van der Waals surface area contributed by atoms with E-state index in [2.05, 4.69) is 18.7 Å². The van der Waals surface area contributed by atoms with E-state index in [1.54, 1.807) is 0 Å². The van der Waals surface area contributed by atoms with Gasteiger partial charge in [-0.15, -0.1) is 0 Å². The van der Waals surface area contributed by atoms with Crippen molar-refractivity contribution >= 4 is 0 Å². The summed E-state index contributed by atoms with van der Waals surface area (Å²) < 4.78 is 16.6. The lowest BCUT2D eigenvalue weighted by Gasteiger charge is -2.37. The fourth-order valence-electron chi connectivity index (χ4n) is 2.54. The number of rotatable bonds is 7. The molecule has 0 amide bonds. The lowest BCUT2D eigenvalue weighted by molar-refractivity contribution is -0.0650. The summed E-state index contributed by atoms with van der Waals surface area (Å²) >= 11 is 0. The molecule has 1 aromatic rings. The van der Waals surface area contributed by atoms with Gasteiger partial charge in [0.15, 0.2) is 0 Å². The van der Waals surface area contributed by atoms with Crippen molar-refractivity contribution < 1.29 is 19.3 Å². The predicted molar refractivity (Wildman–Crippen MR) is 85.6 cm³/mol. The second-order valence-electron chi connectivity index (χ2n) is 5.82. The predicted octanol–water partition coefficient (Wildman–Crippen LogP) is 1.93. The maximum Gasteiger partial charge on any atom is 0.119 e. The first-order chi connectivity index (χ1) is 10.6. The first-order valence-corrected chi connectivity index (χ1v) is 7.97. The van der Waals surface area contributed by atoms with Crippen LogP contribution in [0, 0.1) is 0 Å². The van der Waals surface area contributed by atoms with E-state index in [4.69, 9.17) is 14.2 Å². The Hall–Kier alpha value is -1.30. The van der Waals surface area contributed by atoms with Crippen molar-refractivity contribution in [3.05, 3.63) is 24.3 Å². The minimum absolute atomic E-state index is 0.218.